The molecule has 0 bridgehead atoms. The molecule has 3 heterocycles. The molecule has 1 aromatic carbocycles. The summed E-state index contributed by atoms with van der Waals surface area (Å²) in [6, 6.07) is 5.32. The number of likely N-dealkylation sites (N-methyl/N-ethyl adjacent to an activating group) is 1. The number of fused-ring (bicyclic) bond motifs is 1. The van der Waals surface area contributed by atoms with Crippen LogP contribution in [0, 0.1) is 5.41 Å². The van der Waals surface area contributed by atoms with Crippen molar-refractivity contribution in [1.29, 1.82) is 0 Å². The standard InChI is InChI=1S/C23H31N3O4/c1-4-25-11-5-10-23(2,3)19(25)14-30-16-6-7-17-15(12-16)13-26(22(17)29)18-8-9-20(27)24-21(18)28/h6-7,12,18-19H,4-5,8-11,13-14H2,1-3H3,(H,24,27,28)/t18?,19-/m0/s1. The summed E-state index contributed by atoms with van der Waals surface area (Å²) in [4.78, 5) is 40.5. The molecule has 3 aliphatic rings. The monoisotopic (exact) mass is 413 g/mol. The lowest BCUT2D eigenvalue weighted by Gasteiger charge is -2.46. The topological polar surface area (TPSA) is 79.0 Å². The number of nitrogens with one attached hydrogen (secondary N) is 1. The predicted octanol–water partition coefficient (Wildman–Crippen LogP) is 2.34. The maximum absolute atomic E-state index is 12.8. The largest absolute Gasteiger partial charge is 0.492 e. The van der Waals surface area contributed by atoms with Crippen molar-refractivity contribution in [2.75, 3.05) is 19.7 Å². The summed E-state index contributed by atoms with van der Waals surface area (Å²) >= 11 is 0. The maximum Gasteiger partial charge on any atom is 0.255 e. The summed E-state index contributed by atoms with van der Waals surface area (Å²) in [5.41, 5.74) is 1.68. The lowest BCUT2D eigenvalue weighted by atomic mass is 9.76. The smallest absolute Gasteiger partial charge is 0.255 e. The first kappa shape index (κ1) is 20.8. The van der Waals surface area contributed by atoms with Gasteiger partial charge >= 0.3 is 0 Å². The molecule has 0 aromatic heterocycles. The van der Waals surface area contributed by atoms with Gasteiger partial charge in [0.1, 0.15) is 18.4 Å². The number of rotatable bonds is 5. The van der Waals surface area contributed by atoms with Crippen LogP contribution in [0.1, 0.15) is 62.4 Å². The zero-order valence-electron chi connectivity index (χ0n) is 18.1. The van der Waals surface area contributed by atoms with E-state index in [0.717, 1.165) is 24.4 Å². The highest BCUT2D eigenvalue weighted by molar-refractivity contribution is 6.05. The molecule has 0 radical (unpaired) electrons. The molecular formula is C23H31N3O4. The average Bonchev–Trinajstić information content (AvgIpc) is 3.02. The zero-order chi connectivity index (χ0) is 21.5. The first-order chi connectivity index (χ1) is 14.3. The quantitative estimate of drug-likeness (QED) is 0.750. The average molecular weight is 414 g/mol. The fourth-order valence-electron chi connectivity index (χ4n) is 5.08. The first-order valence-corrected chi connectivity index (χ1v) is 10.9. The molecule has 162 valence electrons. The van der Waals surface area contributed by atoms with Crippen molar-refractivity contribution in [1.82, 2.24) is 15.1 Å². The van der Waals surface area contributed by atoms with Gasteiger partial charge in [0.15, 0.2) is 0 Å². The van der Waals surface area contributed by atoms with Crippen LogP contribution in [0.4, 0.5) is 0 Å². The summed E-state index contributed by atoms with van der Waals surface area (Å²) in [5, 5.41) is 2.34. The highest BCUT2D eigenvalue weighted by Crippen LogP contribution is 2.36. The number of hydrogen-bond donors (Lipinski definition) is 1. The van der Waals surface area contributed by atoms with Crippen molar-refractivity contribution in [3.8, 4) is 5.75 Å². The van der Waals surface area contributed by atoms with E-state index >= 15 is 0 Å². The number of piperidine rings is 2. The predicted molar refractivity (Wildman–Crippen MR) is 112 cm³/mol. The highest BCUT2D eigenvalue weighted by Gasteiger charge is 2.40. The molecular weight excluding hydrogens is 382 g/mol. The number of carbonyl (C=O) groups is 3. The number of carbonyl (C=O) groups excluding carboxylic acids is 3. The van der Waals surface area contributed by atoms with Gasteiger partial charge in [-0.25, -0.2) is 0 Å². The van der Waals surface area contributed by atoms with E-state index in [-0.39, 0.29) is 29.6 Å². The molecule has 3 amide bonds. The van der Waals surface area contributed by atoms with Crippen LogP contribution >= 0.6 is 0 Å². The van der Waals surface area contributed by atoms with Crippen LogP contribution in [0.2, 0.25) is 0 Å². The summed E-state index contributed by atoms with van der Waals surface area (Å²) in [6.45, 7) is 9.91. The lowest BCUT2D eigenvalue weighted by molar-refractivity contribution is -0.136. The van der Waals surface area contributed by atoms with Gasteiger partial charge in [0.25, 0.3) is 5.91 Å². The molecule has 0 saturated carbocycles. The van der Waals surface area contributed by atoms with Crippen LogP contribution < -0.4 is 10.1 Å². The van der Waals surface area contributed by atoms with Crippen LogP contribution in [0.3, 0.4) is 0 Å². The van der Waals surface area contributed by atoms with E-state index in [2.05, 4.69) is 31.0 Å². The summed E-state index contributed by atoms with van der Waals surface area (Å²) in [7, 11) is 0. The number of hydrogen-bond acceptors (Lipinski definition) is 5. The molecule has 7 heteroatoms. The van der Waals surface area contributed by atoms with Gasteiger partial charge in [-0.3, -0.25) is 24.6 Å². The van der Waals surface area contributed by atoms with Crippen molar-refractivity contribution < 1.29 is 19.1 Å². The second kappa shape index (κ2) is 8.02. The molecule has 3 aliphatic heterocycles. The number of amides is 3. The van der Waals surface area contributed by atoms with Crippen molar-refractivity contribution in [2.45, 2.75) is 65.1 Å². The molecule has 1 unspecified atom stereocenters. The van der Waals surface area contributed by atoms with Gasteiger partial charge in [-0.1, -0.05) is 20.8 Å². The Morgan fingerprint density at radius 2 is 2.03 bits per heavy atom. The Morgan fingerprint density at radius 1 is 1.23 bits per heavy atom. The minimum atomic E-state index is -0.590. The van der Waals surface area contributed by atoms with E-state index in [1.165, 1.54) is 12.8 Å². The van der Waals surface area contributed by atoms with E-state index in [1.54, 1.807) is 11.0 Å². The fraction of sp³-hybridized carbons (Fsp3) is 0.609. The van der Waals surface area contributed by atoms with Gasteiger partial charge in [0.2, 0.25) is 11.8 Å². The molecule has 0 spiro atoms. The van der Waals surface area contributed by atoms with Gasteiger partial charge in [-0.2, -0.15) is 0 Å². The molecule has 4 rings (SSSR count). The Balaban J connectivity index is 1.45. The molecule has 2 saturated heterocycles. The summed E-state index contributed by atoms with van der Waals surface area (Å²) in [5.74, 6) is -0.0633. The Hall–Kier alpha value is -2.41. The van der Waals surface area contributed by atoms with Crippen molar-refractivity contribution in [2.24, 2.45) is 5.41 Å². The molecule has 7 nitrogen and oxygen atoms in total. The Morgan fingerprint density at radius 3 is 2.77 bits per heavy atom. The number of imide groups is 1. The van der Waals surface area contributed by atoms with Gasteiger partial charge in [0.05, 0.1) is 0 Å². The molecule has 1 N–H and O–H groups in total. The maximum atomic E-state index is 12.8. The first-order valence-electron chi connectivity index (χ1n) is 10.9. The van der Waals surface area contributed by atoms with Gasteiger partial charge < -0.3 is 9.64 Å². The highest BCUT2D eigenvalue weighted by atomic mass is 16.5. The molecule has 1 aromatic rings. The van der Waals surface area contributed by atoms with Crippen molar-refractivity contribution in [3.05, 3.63) is 29.3 Å². The molecule has 2 atom stereocenters. The third-order valence-electron chi connectivity index (χ3n) is 6.92. The van der Waals surface area contributed by atoms with E-state index in [0.29, 0.717) is 31.2 Å². The number of ether oxygens (including phenoxy) is 1. The minimum Gasteiger partial charge on any atom is -0.492 e. The molecule has 2 fully saturated rings. The number of nitrogens with zero attached hydrogens (tertiary/aromatic N) is 2. The van der Waals surface area contributed by atoms with Crippen LogP contribution in [0.25, 0.3) is 0 Å². The number of likely N-dealkylation sites (tertiary alicyclic amines) is 1. The van der Waals surface area contributed by atoms with Crippen molar-refractivity contribution >= 4 is 17.7 Å². The molecule has 0 aliphatic carbocycles. The van der Waals surface area contributed by atoms with E-state index < -0.39 is 6.04 Å². The minimum absolute atomic E-state index is 0.156. The molecule has 30 heavy (non-hydrogen) atoms. The number of benzene rings is 1. The Bertz CT molecular complexity index is 866. The fourth-order valence-corrected chi connectivity index (χ4v) is 5.08. The zero-order valence-corrected chi connectivity index (χ0v) is 18.1. The van der Waals surface area contributed by atoms with Crippen LogP contribution in [0.5, 0.6) is 5.75 Å². The second-order valence-electron chi connectivity index (χ2n) is 9.27. The Kier molecular flexibility index (Phi) is 5.57. The second-order valence-corrected chi connectivity index (χ2v) is 9.27. The third kappa shape index (κ3) is 3.83. The normalized spacial score (nSPS) is 26.5. The van der Waals surface area contributed by atoms with E-state index in [9.17, 15) is 14.4 Å². The Labute approximate surface area is 177 Å². The SMILES string of the molecule is CCN1CCCC(C)(C)[C@@H]1COc1ccc2c(c1)CN(C1CCC(=O)NC1=O)C2=O. The van der Waals surface area contributed by atoms with Gasteiger partial charge in [-0.15, -0.1) is 0 Å². The van der Waals surface area contributed by atoms with E-state index in [1.807, 2.05) is 12.1 Å². The summed E-state index contributed by atoms with van der Waals surface area (Å²) < 4.78 is 6.19. The lowest BCUT2D eigenvalue weighted by Crippen LogP contribution is -2.52. The van der Waals surface area contributed by atoms with Crippen molar-refractivity contribution in [3.63, 3.8) is 0 Å². The van der Waals surface area contributed by atoms with Crippen LogP contribution in [-0.2, 0) is 16.1 Å². The van der Waals surface area contributed by atoms with Crippen LogP contribution in [-0.4, -0.2) is 59.3 Å². The third-order valence-corrected chi connectivity index (χ3v) is 6.92. The summed E-state index contributed by atoms with van der Waals surface area (Å²) in [6.07, 6.45) is 3.04. The van der Waals surface area contributed by atoms with Gasteiger partial charge in [0, 0.05) is 24.6 Å². The van der Waals surface area contributed by atoms with Crippen LogP contribution in [0.15, 0.2) is 18.2 Å². The van der Waals surface area contributed by atoms with E-state index in [4.69, 9.17) is 4.74 Å². The van der Waals surface area contributed by atoms with Gasteiger partial charge in [-0.05, 0) is 61.5 Å².